The molecule has 0 bridgehead atoms. The van der Waals surface area contributed by atoms with Crippen LogP contribution < -0.4 is 0 Å². The maximum atomic E-state index is 3.38. The molecular formula is C20H19BrN4. The summed E-state index contributed by atoms with van der Waals surface area (Å²) >= 11 is 3.36. The molecular weight excluding hydrogens is 376 g/mol. The van der Waals surface area contributed by atoms with E-state index in [0.717, 1.165) is 5.33 Å². The van der Waals surface area contributed by atoms with Gasteiger partial charge in [0.2, 0.25) is 0 Å². The molecule has 0 saturated carbocycles. The standard InChI is InChI=1S/C12H10.C7H7Br.CH2N4/c1-3-7-11(8-4-1)12-9-5-2-6-10-12;8-6-7-4-2-1-3-5-7;1-2-4-5-3-1/h1-10H;1-5H,6H2;1H,(H,2,3,4,5). The Hall–Kier alpha value is -2.79. The molecule has 1 N–H and O–H groups in total. The van der Waals surface area contributed by atoms with Crippen LogP contribution in [0.2, 0.25) is 0 Å². The third-order valence-electron chi connectivity index (χ3n) is 3.15. The molecule has 4 nitrogen and oxygen atoms in total. The molecule has 5 heteroatoms. The van der Waals surface area contributed by atoms with Crippen LogP contribution in [0.5, 0.6) is 0 Å². The molecule has 0 aliphatic carbocycles. The van der Waals surface area contributed by atoms with Gasteiger partial charge in [0.05, 0.1) is 0 Å². The predicted octanol–water partition coefficient (Wildman–Crippen LogP) is 5.13. The number of benzene rings is 3. The zero-order chi connectivity index (χ0) is 17.6. The first-order valence-corrected chi connectivity index (χ1v) is 8.89. The largest absolute Gasteiger partial charge is 0.177 e. The number of alkyl halides is 1. The summed E-state index contributed by atoms with van der Waals surface area (Å²) in [5, 5.41) is 13.1. The summed E-state index contributed by atoms with van der Waals surface area (Å²) in [7, 11) is 0. The van der Waals surface area contributed by atoms with Gasteiger partial charge in [-0.2, -0.15) is 5.21 Å². The van der Waals surface area contributed by atoms with Crippen molar-refractivity contribution in [2.24, 2.45) is 0 Å². The average Bonchev–Trinajstić information content (AvgIpc) is 3.31. The smallest absolute Gasteiger partial charge is 0.161 e. The summed E-state index contributed by atoms with van der Waals surface area (Å²) < 4.78 is 0. The van der Waals surface area contributed by atoms with Gasteiger partial charge in [-0.15, -0.1) is 10.2 Å². The maximum Gasteiger partial charge on any atom is 0.161 e. The van der Waals surface area contributed by atoms with Crippen molar-refractivity contribution in [2.45, 2.75) is 5.33 Å². The number of tetrazole rings is 1. The van der Waals surface area contributed by atoms with E-state index in [0.29, 0.717) is 0 Å². The van der Waals surface area contributed by atoms with Crippen molar-refractivity contribution in [1.82, 2.24) is 20.6 Å². The van der Waals surface area contributed by atoms with Gasteiger partial charge in [-0.25, -0.2) is 0 Å². The van der Waals surface area contributed by atoms with Gasteiger partial charge in [-0.1, -0.05) is 112 Å². The molecule has 0 radical (unpaired) electrons. The van der Waals surface area contributed by atoms with Gasteiger partial charge >= 0.3 is 0 Å². The van der Waals surface area contributed by atoms with Crippen LogP contribution in [0.3, 0.4) is 0 Å². The van der Waals surface area contributed by atoms with E-state index in [9.17, 15) is 0 Å². The van der Waals surface area contributed by atoms with Crippen LogP contribution in [0, 0.1) is 0 Å². The Morgan fingerprint density at radius 2 is 1.16 bits per heavy atom. The number of aromatic amines is 1. The molecule has 1 heterocycles. The topological polar surface area (TPSA) is 54.5 Å². The number of hydrogen-bond donors (Lipinski definition) is 1. The summed E-state index contributed by atoms with van der Waals surface area (Å²) in [5.74, 6) is 0. The molecule has 0 atom stereocenters. The lowest BCUT2D eigenvalue weighted by Crippen LogP contribution is -1.73. The van der Waals surface area contributed by atoms with Gasteiger partial charge in [-0.3, -0.25) is 0 Å². The second kappa shape index (κ2) is 11.7. The highest BCUT2D eigenvalue weighted by molar-refractivity contribution is 9.08. The van der Waals surface area contributed by atoms with Crippen LogP contribution in [-0.4, -0.2) is 20.6 Å². The molecule has 4 rings (SSSR count). The minimum absolute atomic E-state index is 0.952. The number of nitrogens with one attached hydrogen (secondary N) is 1. The Balaban J connectivity index is 0.000000149. The van der Waals surface area contributed by atoms with Crippen LogP contribution in [0.4, 0.5) is 0 Å². The van der Waals surface area contributed by atoms with Gasteiger partial charge in [0.1, 0.15) is 0 Å². The first-order valence-electron chi connectivity index (χ1n) is 7.77. The van der Waals surface area contributed by atoms with Crippen LogP contribution >= 0.6 is 15.9 Å². The van der Waals surface area contributed by atoms with Crippen molar-refractivity contribution in [3.05, 3.63) is 103 Å². The van der Waals surface area contributed by atoms with Gasteiger partial charge < -0.3 is 0 Å². The van der Waals surface area contributed by atoms with Crippen LogP contribution in [-0.2, 0) is 5.33 Å². The molecule has 3 aromatic carbocycles. The van der Waals surface area contributed by atoms with Gasteiger partial charge in [0, 0.05) is 5.33 Å². The zero-order valence-electron chi connectivity index (χ0n) is 13.7. The summed E-state index contributed by atoms with van der Waals surface area (Å²) in [6.07, 6.45) is 1.33. The van der Waals surface area contributed by atoms with E-state index in [1.807, 2.05) is 30.3 Å². The van der Waals surface area contributed by atoms with Crippen molar-refractivity contribution in [3.63, 3.8) is 0 Å². The van der Waals surface area contributed by atoms with Crippen LogP contribution in [0.1, 0.15) is 5.56 Å². The van der Waals surface area contributed by atoms with Crippen molar-refractivity contribution in [3.8, 4) is 11.1 Å². The molecule has 0 spiro atoms. The highest BCUT2D eigenvalue weighted by atomic mass is 79.9. The third kappa shape index (κ3) is 7.54. The summed E-state index contributed by atoms with van der Waals surface area (Å²) in [5.41, 5.74) is 3.88. The predicted molar refractivity (Wildman–Crippen MR) is 105 cm³/mol. The normalized spacial score (nSPS) is 9.16. The first-order chi connectivity index (χ1) is 12.4. The second-order valence-corrected chi connectivity index (χ2v) is 5.47. The van der Waals surface area contributed by atoms with E-state index < -0.39 is 0 Å². The van der Waals surface area contributed by atoms with Gasteiger partial charge in [0.15, 0.2) is 6.33 Å². The SMILES string of the molecule is BrCc1ccccc1.c1ccc(-c2ccccc2)cc1.c1nn[nH]n1. The maximum absolute atomic E-state index is 3.38. The quantitative estimate of drug-likeness (QED) is 0.479. The van der Waals surface area contributed by atoms with Crippen molar-refractivity contribution in [1.29, 1.82) is 0 Å². The Bertz CT molecular complexity index is 721. The molecule has 0 amide bonds. The van der Waals surface area contributed by atoms with E-state index in [-0.39, 0.29) is 0 Å². The monoisotopic (exact) mass is 394 g/mol. The van der Waals surface area contributed by atoms with Gasteiger partial charge in [0.25, 0.3) is 0 Å². The number of H-pyrrole nitrogens is 1. The Morgan fingerprint density at radius 3 is 1.44 bits per heavy atom. The lowest BCUT2D eigenvalue weighted by Gasteiger charge is -1.98. The Labute approximate surface area is 156 Å². The lowest BCUT2D eigenvalue weighted by atomic mass is 10.1. The van der Waals surface area contributed by atoms with E-state index in [1.54, 1.807) is 0 Å². The lowest BCUT2D eigenvalue weighted by molar-refractivity contribution is 0.881. The van der Waals surface area contributed by atoms with Crippen molar-refractivity contribution in [2.75, 3.05) is 0 Å². The van der Waals surface area contributed by atoms with E-state index in [4.69, 9.17) is 0 Å². The molecule has 1 aromatic heterocycles. The van der Waals surface area contributed by atoms with Crippen LogP contribution in [0.25, 0.3) is 11.1 Å². The number of nitrogens with zero attached hydrogens (tertiary/aromatic N) is 3. The fourth-order valence-electron chi connectivity index (χ4n) is 1.96. The third-order valence-corrected chi connectivity index (χ3v) is 3.80. The minimum atomic E-state index is 0.952. The van der Waals surface area contributed by atoms with Crippen LogP contribution in [0.15, 0.2) is 97.3 Å². The first kappa shape index (κ1) is 18.5. The average molecular weight is 395 g/mol. The Morgan fingerprint density at radius 1 is 0.680 bits per heavy atom. The molecule has 0 saturated heterocycles. The fourth-order valence-corrected chi connectivity index (χ4v) is 2.33. The van der Waals surface area contributed by atoms with Crippen molar-refractivity contribution >= 4 is 15.9 Å². The molecule has 126 valence electrons. The number of rotatable bonds is 2. The summed E-state index contributed by atoms with van der Waals surface area (Å²) in [6, 6.07) is 31.1. The van der Waals surface area contributed by atoms with E-state index >= 15 is 0 Å². The number of aromatic nitrogens is 4. The van der Waals surface area contributed by atoms with E-state index in [2.05, 4.69) is 97.2 Å². The summed E-state index contributed by atoms with van der Waals surface area (Å²) in [4.78, 5) is 0. The molecule has 0 fully saturated rings. The molecule has 25 heavy (non-hydrogen) atoms. The Kier molecular flexibility index (Phi) is 8.68. The number of halogens is 1. The molecule has 0 aliphatic rings. The minimum Gasteiger partial charge on any atom is -0.177 e. The molecule has 0 aliphatic heterocycles. The molecule has 4 aromatic rings. The fraction of sp³-hybridized carbons (Fsp3) is 0.0500. The zero-order valence-corrected chi connectivity index (χ0v) is 15.3. The highest BCUT2D eigenvalue weighted by Gasteiger charge is 1.91. The summed E-state index contributed by atoms with van der Waals surface area (Å²) in [6.45, 7) is 0. The second-order valence-electron chi connectivity index (χ2n) is 4.91. The number of hydrogen-bond acceptors (Lipinski definition) is 3. The van der Waals surface area contributed by atoms with E-state index in [1.165, 1.54) is 23.0 Å². The van der Waals surface area contributed by atoms with Gasteiger partial charge in [-0.05, 0) is 16.7 Å². The highest BCUT2D eigenvalue weighted by Crippen LogP contribution is 2.17. The van der Waals surface area contributed by atoms with Crippen molar-refractivity contribution < 1.29 is 0 Å². The molecule has 0 unspecified atom stereocenters.